The van der Waals surface area contributed by atoms with Crippen molar-refractivity contribution in [3.05, 3.63) is 127 Å². The van der Waals surface area contributed by atoms with Crippen molar-refractivity contribution in [1.29, 1.82) is 0 Å². The van der Waals surface area contributed by atoms with Crippen LogP contribution >= 0.6 is 11.3 Å². The fraction of sp³-hybridized carbons (Fsp3) is 0. The Morgan fingerprint density at radius 3 is 1.95 bits per heavy atom. The first-order valence-corrected chi connectivity index (χ1v) is 14.3. The Morgan fingerprint density at radius 2 is 1.12 bits per heavy atom. The molecular weight excluding hydrogens is 506 g/mol. The van der Waals surface area contributed by atoms with Gasteiger partial charge in [-0.15, -0.1) is 11.3 Å². The molecule has 3 aromatic heterocycles. The van der Waals surface area contributed by atoms with Crippen molar-refractivity contribution in [2.24, 2.45) is 0 Å². The number of hydrogen-bond donors (Lipinski definition) is 0. The van der Waals surface area contributed by atoms with E-state index in [4.69, 9.17) is 9.97 Å². The Kier molecular flexibility index (Phi) is 4.48. The minimum atomic E-state index is 0.696. The van der Waals surface area contributed by atoms with Crippen molar-refractivity contribution >= 4 is 75.0 Å². The van der Waals surface area contributed by atoms with Crippen molar-refractivity contribution in [2.75, 3.05) is 0 Å². The molecule has 0 aliphatic rings. The number of aromatic nitrogens is 3. The third-order valence-corrected chi connectivity index (χ3v) is 9.23. The van der Waals surface area contributed by atoms with Crippen molar-refractivity contribution in [3.8, 4) is 17.2 Å². The maximum atomic E-state index is 5.37. The second kappa shape index (κ2) is 8.22. The zero-order valence-electron chi connectivity index (χ0n) is 21.4. The van der Waals surface area contributed by atoms with Crippen LogP contribution < -0.4 is 0 Å². The second-order valence-electron chi connectivity index (χ2n) is 10.2. The van der Waals surface area contributed by atoms with E-state index >= 15 is 0 Å². The summed E-state index contributed by atoms with van der Waals surface area (Å²) >= 11 is 1.79. The van der Waals surface area contributed by atoms with Crippen LogP contribution in [0.15, 0.2) is 127 Å². The van der Waals surface area contributed by atoms with Gasteiger partial charge in [-0.25, -0.2) is 9.97 Å². The molecule has 6 aromatic carbocycles. The van der Waals surface area contributed by atoms with Crippen LogP contribution in [0.25, 0.3) is 80.9 Å². The van der Waals surface area contributed by atoms with Crippen molar-refractivity contribution in [3.63, 3.8) is 0 Å². The Balaban J connectivity index is 1.49. The molecule has 0 radical (unpaired) electrons. The van der Waals surface area contributed by atoms with Gasteiger partial charge in [-0.05, 0) is 22.2 Å². The van der Waals surface area contributed by atoms with E-state index in [0.717, 1.165) is 32.5 Å². The van der Waals surface area contributed by atoms with Gasteiger partial charge in [0, 0.05) is 31.8 Å². The highest BCUT2D eigenvalue weighted by molar-refractivity contribution is 7.27. The van der Waals surface area contributed by atoms with Crippen LogP contribution in [-0.2, 0) is 0 Å². The molecule has 0 saturated heterocycles. The number of thiophene rings is 1. The van der Waals surface area contributed by atoms with Gasteiger partial charge in [-0.1, -0.05) is 121 Å². The maximum absolute atomic E-state index is 5.37. The van der Waals surface area contributed by atoms with Gasteiger partial charge >= 0.3 is 0 Å². The SMILES string of the molecule is c1ccc(-c2nc(-n3c4ccccc4c4ccc5ccccc5c43)nc3c2sc2c4ccccc4ccc32)cc1. The van der Waals surface area contributed by atoms with E-state index in [1.54, 1.807) is 11.3 Å². The molecule has 0 aliphatic carbocycles. The zero-order valence-corrected chi connectivity index (χ0v) is 22.2. The molecule has 40 heavy (non-hydrogen) atoms. The fourth-order valence-corrected chi connectivity index (χ4v) is 7.48. The molecule has 4 heteroatoms. The molecule has 0 bridgehead atoms. The van der Waals surface area contributed by atoms with E-state index in [-0.39, 0.29) is 0 Å². The van der Waals surface area contributed by atoms with Crippen LogP contribution in [-0.4, -0.2) is 14.5 Å². The first-order chi connectivity index (χ1) is 19.8. The van der Waals surface area contributed by atoms with Gasteiger partial charge < -0.3 is 0 Å². The third-order valence-electron chi connectivity index (χ3n) is 8.00. The summed E-state index contributed by atoms with van der Waals surface area (Å²) in [6.45, 7) is 0. The highest BCUT2D eigenvalue weighted by Gasteiger charge is 2.21. The molecule has 0 unspecified atom stereocenters. The van der Waals surface area contributed by atoms with Crippen LogP contribution in [0.1, 0.15) is 0 Å². The first-order valence-electron chi connectivity index (χ1n) is 13.4. The maximum Gasteiger partial charge on any atom is 0.235 e. The van der Waals surface area contributed by atoms with Crippen LogP contribution in [0.3, 0.4) is 0 Å². The summed E-state index contributed by atoms with van der Waals surface area (Å²) in [4.78, 5) is 10.7. The summed E-state index contributed by atoms with van der Waals surface area (Å²) in [6.07, 6.45) is 0. The molecule has 0 amide bonds. The van der Waals surface area contributed by atoms with Crippen LogP contribution in [0.5, 0.6) is 0 Å². The molecule has 0 saturated carbocycles. The average molecular weight is 528 g/mol. The Morgan fingerprint density at radius 1 is 0.475 bits per heavy atom. The lowest BCUT2D eigenvalue weighted by Crippen LogP contribution is -2.03. The van der Waals surface area contributed by atoms with Crippen molar-refractivity contribution < 1.29 is 0 Å². The summed E-state index contributed by atoms with van der Waals surface area (Å²) in [7, 11) is 0. The second-order valence-corrected chi connectivity index (χ2v) is 11.2. The summed E-state index contributed by atoms with van der Waals surface area (Å²) in [6, 6.07) is 45.2. The molecule has 3 heterocycles. The standard InChI is InChI=1S/C36H21N3S/c1-2-12-24(13-3-1)31-35-32(29-21-19-23-11-5-7-15-26(23)34(29)40-35)38-36(37-31)39-30-17-9-8-16-27(30)28-20-18-22-10-4-6-14-25(22)33(28)39/h1-21H. The van der Waals surface area contributed by atoms with Crippen LogP contribution in [0.2, 0.25) is 0 Å². The van der Waals surface area contributed by atoms with Gasteiger partial charge in [0.05, 0.1) is 26.9 Å². The lowest BCUT2D eigenvalue weighted by Gasteiger charge is -2.11. The third kappa shape index (κ3) is 2.99. The van der Waals surface area contributed by atoms with Crippen molar-refractivity contribution in [2.45, 2.75) is 0 Å². The molecule has 186 valence electrons. The van der Waals surface area contributed by atoms with E-state index in [0.29, 0.717) is 5.95 Å². The molecule has 9 aromatic rings. The predicted molar refractivity (Wildman–Crippen MR) is 170 cm³/mol. The number of hydrogen-bond acceptors (Lipinski definition) is 3. The number of para-hydroxylation sites is 1. The predicted octanol–water partition coefficient (Wildman–Crippen LogP) is 9.91. The minimum absolute atomic E-state index is 0.696. The van der Waals surface area contributed by atoms with E-state index < -0.39 is 0 Å². The summed E-state index contributed by atoms with van der Waals surface area (Å²) in [5.41, 5.74) is 5.32. The lowest BCUT2D eigenvalue weighted by atomic mass is 10.1. The van der Waals surface area contributed by atoms with E-state index in [9.17, 15) is 0 Å². The van der Waals surface area contributed by atoms with E-state index in [1.807, 2.05) is 0 Å². The molecule has 3 nitrogen and oxygen atoms in total. The van der Waals surface area contributed by atoms with Gasteiger partial charge in [0.2, 0.25) is 5.95 Å². The van der Waals surface area contributed by atoms with Crippen LogP contribution in [0.4, 0.5) is 0 Å². The largest absolute Gasteiger partial charge is 0.277 e. The first kappa shape index (κ1) is 21.8. The molecule has 0 atom stereocenters. The molecule has 9 rings (SSSR count). The van der Waals surface area contributed by atoms with Crippen LogP contribution in [0, 0.1) is 0 Å². The quantitative estimate of drug-likeness (QED) is 0.224. The van der Waals surface area contributed by atoms with Crippen molar-refractivity contribution in [1.82, 2.24) is 14.5 Å². The normalized spacial score (nSPS) is 12.0. The van der Waals surface area contributed by atoms with Gasteiger partial charge in [0.15, 0.2) is 0 Å². The zero-order chi connectivity index (χ0) is 26.2. The smallest absolute Gasteiger partial charge is 0.235 e. The Hall–Kier alpha value is -5.06. The minimum Gasteiger partial charge on any atom is -0.277 e. The fourth-order valence-electron chi connectivity index (χ4n) is 6.19. The highest BCUT2D eigenvalue weighted by Crippen LogP contribution is 2.43. The summed E-state index contributed by atoms with van der Waals surface area (Å²) in [5.74, 6) is 0.696. The van der Waals surface area contributed by atoms with Gasteiger partial charge in [-0.2, -0.15) is 0 Å². The molecule has 0 aliphatic heterocycles. The average Bonchev–Trinajstić information content (AvgIpc) is 3.57. The van der Waals surface area contributed by atoms with Gasteiger partial charge in [0.1, 0.15) is 0 Å². The molecule has 0 spiro atoms. The van der Waals surface area contributed by atoms with Gasteiger partial charge in [-0.3, -0.25) is 4.57 Å². The number of benzene rings is 6. The Labute approximate surface area is 233 Å². The van der Waals surface area contributed by atoms with E-state index in [1.165, 1.54) is 42.4 Å². The lowest BCUT2D eigenvalue weighted by molar-refractivity contribution is 1.02. The Bertz CT molecular complexity index is 2430. The highest BCUT2D eigenvalue weighted by atomic mass is 32.1. The topological polar surface area (TPSA) is 30.7 Å². The monoisotopic (exact) mass is 527 g/mol. The number of fused-ring (bicyclic) bond motifs is 10. The summed E-state index contributed by atoms with van der Waals surface area (Å²) < 4.78 is 4.64. The van der Waals surface area contributed by atoms with Gasteiger partial charge in [0.25, 0.3) is 0 Å². The molecular formula is C36H21N3S. The molecule has 0 fully saturated rings. The number of nitrogens with zero attached hydrogens (tertiary/aromatic N) is 3. The van der Waals surface area contributed by atoms with E-state index in [2.05, 4.69) is 132 Å². The number of rotatable bonds is 2. The molecule has 0 N–H and O–H groups in total. The summed E-state index contributed by atoms with van der Waals surface area (Å²) in [5, 5.41) is 8.48.